The molecule has 3 nitrogen and oxygen atoms in total. The molecule has 0 aromatic carbocycles. The van der Waals surface area contributed by atoms with E-state index in [2.05, 4.69) is 35.1 Å². The van der Waals surface area contributed by atoms with Gasteiger partial charge in [0.05, 0.1) is 10.9 Å². The Kier molecular flexibility index (Phi) is 5.02. The average molecular weight is 306 g/mol. The Labute approximate surface area is 113 Å². The van der Waals surface area contributed by atoms with Crippen molar-refractivity contribution in [3.63, 3.8) is 0 Å². The van der Waals surface area contributed by atoms with Gasteiger partial charge in [-0.05, 0) is 19.3 Å². The largest absolute Gasteiger partial charge is 0.378 e. The number of hydrogen-bond acceptors (Lipinski definition) is 2. The molecule has 100 valence electrons. The van der Waals surface area contributed by atoms with Gasteiger partial charge in [0, 0.05) is 18.1 Å². The predicted molar refractivity (Wildman–Crippen MR) is 73.3 cm³/mol. The van der Waals surface area contributed by atoms with Crippen molar-refractivity contribution < 1.29 is 9.53 Å². The highest BCUT2D eigenvalue weighted by molar-refractivity contribution is 9.10. The van der Waals surface area contributed by atoms with Gasteiger partial charge in [0.25, 0.3) is 0 Å². The molecule has 0 aromatic rings. The molecule has 0 saturated heterocycles. The SMILES string of the molecule is CCOC1CC(NC(=O)C(Br)C(C)C)C1(C)C. The topological polar surface area (TPSA) is 38.3 Å². The molecule has 17 heavy (non-hydrogen) atoms. The lowest BCUT2D eigenvalue weighted by Crippen LogP contribution is -2.63. The van der Waals surface area contributed by atoms with E-state index < -0.39 is 0 Å². The third-order valence-corrected chi connectivity index (χ3v) is 5.17. The number of halogens is 1. The van der Waals surface area contributed by atoms with Crippen LogP contribution in [-0.4, -0.2) is 29.5 Å². The first-order valence-electron chi connectivity index (χ1n) is 6.36. The Hall–Kier alpha value is -0.0900. The van der Waals surface area contributed by atoms with Crippen LogP contribution in [0.2, 0.25) is 0 Å². The van der Waals surface area contributed by atoms with E-state index >= 15 is 0 Å². The van der Waals surface area contributed by atoms with Gasteiger partial charge < -0.3 is 10.1 Å². The van der Waals surface area contributed by atoms with Crippen molar-refractivity contribution in [2.45, 2.75) is 58.0 Å². The molecule has 0 aliphatic heterocycles. The van der Waals surface area contributed by atoms with Gasteiger partial charge in [-0.1, -0.05) is 43.6 Å². The van der Waals surface area contributed by atoms with E-state index in [9.17, 15) is 4.79 Å². The smallest absolute Gasteiger partial charge is 0.234 e. The lowest BCUT2D eigenvalue weighted by Gasteiger charge is -2.51. The van der Waals surface area contributed by atoms with Gasteiger partial charge in [-0.2, -0.15) is 0 Å². The van der Waals surface area contributed by atoms with Crippen molar-refractivity contribution in [1.82, 2.24) is 5.32 Å². The Morgan fingerprint density at radius 3 is 2.53 bits per heavy atom. The molecule has 1 aliphatic carbocycles. The average Bonchev–Trinajstić information content (AvgIpc) is 2.26. The van der Waals surface area contributed by atoms with Crippen LogP contribution in [0.4, 0.5) is 0 Å². The monoisotopic (exact) mass is 305 g/mol. The second-order valence-electron chi connectivity index (χ2n) is 5.71. The van der Waals surface area contributed by atoms with Gasteiger partial charge in [0.2, 0.25) is 5.91 Å². The molecule has 0 bridgehead atoms. The number of ether oxygens (including phenoxy) is 1. The summed E-state index contributed by atoms with van der Waals surface area (Å²) >= 11 is 3.43. The Morgan fingerprint density at radius 2 is 2.12 bits per heavy atom. The fourth-order valence-electron chi connectivity index (χ4n) is 2.17. The highest BCUT2D eigenvalue weighted by Crippen LogP contribution is 2.42. The van der Waals surface area contributed by atoms with E-state index in [1.54, 1.807) is 0 Å². The van der Waals surface area contributed by atoms with Crippen LogP contribution in [0.15, 0.2) is 0 Å². The summed E-state index contributed by atoms with van der Waals surface area (Å²) in [4.78, 5) is 11.8. The molecule has 0 radical (unpaired) electrons. The van der Waals surface area contributed by atoms with E-state index in [1.165, 1.54) is 0 Å². The summed E-state index contributed by atoms with van der Waals surface area (Å²) in [6, 6.07) is 0.227. The van der Waals surface area contributed by atoms with Gasteiger partial charge in [-0.3, -0.25) is 4.79 Å². The quantitative estimate of drug-likeness (QED) is 0.793. The minimum absolute atomic E-state index is 0.0371. The molecular formula is C13H24BrNO2. The van der Waals surface area contributed by atoms with Crippen molar-refractivity contribution in [2.75, 3.05) is 6.61 Å². The zero-order chi connectivity index (χ0) is 13.2. The van der Waals surface area contributed by atoms with Crippen molar-refractivity contribution in [3.05, 3.63) is 0 Å². The van der Waals surface area contributed by atoms with Crippen molar-refractivity contribution in [2.24, 2.45) is 11.3 Å². The summed E-state index contributed by atoms with van der Waals surface area (Å²) in [7, 11) is 0. The molecule has 1 N–H and O–H groups in total. The zero-order valence-corrected chi connectivity index (χ0v) is 13.0. The van der Waals surface area contributed by atoms with Gasteiger partial charge in [0.1, 0.15) is 0 Å². The van der Waals surface area contributed by atoms with Gasteiger partial charge >= 0.3 is 0 Å². The highest BCUT2D eigenvalue weighted by atomic mass is 79.9. The first kappa shape index (κ1) is 15.0. The minimum Gasteiger partial charge on any atom is -0.378 e. The lowest BCUT2D eigenvalue weighted by molar-refractivity contribution is -0.136. The normalized spacial score (nSPS) is 28.6. The molecule has 0 aromatic heterocycles. The van der Waals surface area contributed by atoms with Crippen molar-refractivity contribution >= 4 is 21.8 Å². The fraction of sp³-hybridized carbons (Fsp3) is 0.923. The van der Waals surface area contributed by atoms with Crippen LogP contribution < -0.4 is 5.32 Å². The number of carbonyl (C=O) groups is 1. The number of nitrogens with one attached hydrogen (secondary N) is 1. The standard InChI is InChI=1S/C13H24BrNO2/c1-6-17-10-7-9(13(10,4)5)15-12(16)11(14)8(2)3/h8-11H,6-7H2,1-5H3,(H,15,16). The number of carbonyl (C=O) groups excluding carboxylic acids is 1. The summed E-state index contributed by atoms with van der Waals surface area (Å²) < 4.78 is 5.65. The summed E-state index contributed by atoms with van der Waals surface area (Å²) in [5.41, 5.74) is 0.0371. The van der Waals surface area contributed by atoms with Gasteiger partial charge in [-0.15, -0.1) is 0 Å². The van der Waals surface area contributed by atoms with E-state index in [1.807, 2.05) is 20.8 Å². The van der Waals surface area contributed by atoms with Crippen LogP contribution in [0.5, 0.6) is 0 Å². The summed E-state index contributed by atoms with van der Waals surface area (Å²) in [6.45, 7) is 11.1. The molecule has 1 fully saturated rings. The predicted octanol–water partition coefficient (Wildman–Crippen LogP) is 2.73. The second-order valence-corrected chi connectivity index (χ2v) is 6.69. The number of rotatable bonds is 5. The summed E-state index contributed by atoms with van der Waals surface area (Å²) in [5.74, 6) is 0.397. The first-order chi connectivity index (χ1) is 7.80. The fourth-order valence-corrected chi connectivity index (χ4v) is 2.30. The molecule has 1 aliphatic rings. The maximum Gasteiger partial charge on any atom is 0.234 e. The van der Waals surface area contributed by atoms with Crippen LogP contribution in [0.3, 0.4) is 0 Å². The van der Waals surface area contributed by atoms with E-state index in [-0.39, 0.29) is 28.3 Å². The lowest BCUT2D eigenvalue weighted by atomic mass is 9.64. The van der Waals surface area contributed by atoms with E-state index in [0.717, 1.165) is 13.0 Å². The Bertz CT molecular complexity index is 279. The van der Waals surface area contributed by atoms with Crippen LogP contribution in [0.1, 0.15) is 41.0 Å². The maximum atomic E-state index is 11.9. The Balaban J connectivity index is 2.47. The third kappa shape index (κ3) is 3.22. The van der Waals surface area contributed by atoms with Gasteiger partial charge in [-0.25, -0.2) is 0 Å². The van der Waals surface area contributed by atoms with E-state index in [4.69, 9.17) is 4.74 Å². The Morgan fingerprint density at radius 1 is 1.53 bits per heavy atom. The van der Waals surface area contributed by atoms with Crippen LogP contribution >= 0.6 is 15.9 Å². The number of alkyl halides is 1. The van der Waals surface area contributed by atoms with Gasteiger partial charge in [0.15, 0.2) is 0 Å². The van der Waals surface area contributed by atoms with Crippen LogP contribution in [0.25, 0.3) is 0 Å². The minimum atomic E-state index is -0.107. The molecule has 1 saturated carbocycles. The van der Waals surface area contributed by atoms with Crippen LogP contribution in [-0.2, 0) is 9.53 Å². The van der Waals surface area contributed by atoms with Crippen LogP contribution in [0, 0.1) is 11.3 Å². The molecule has 3 unspecified atom stereocenters. The third-order valence-electron chi connectivity index (χ3n) is 3.70. The number of hydrogen-bond donors (Lipinski definition) is 1. The first-order valence-corrected chi connectivity index (χ1v) is 7.28. The molecule has 1 amide bonds. The van der Waals surface area contributed by atoms with Crippen molar-refractivity contribution in [3.8, 4) is 0 Å². The number of amides is 1. The summed E-state index contributed by atoms with van der Waals surface area (Å²) in [6.07, 6.45) is 1.19. The second kappa shape index (κ2) is 5.70. The zero-order valence-electron chi connectivity index (χ0n) is 11.4. The van der Waals surface area contributed by atoms with E-state index in [0.29, 0.717) is 5.92 Å². The molecular weight excluding hydrogens is 282 g/mol. The molecule has 3 atom stereocenters. The maximum absolute atomic E-state index is 11.9. The molecule has 4 heteroatoms. The highest BCUT2D eigenvalue weighted by Gasteiger charge is 2.49. The summed E-state index contributed by atoms with van der Waals surface area (Å²) in [5, 5.41) is 3.11. The van der Waals surface area contributed by atoms with Crippen molar-refractivity contribution in [1.29, 1.82) is 0 Å². The molecule has 0 spiro atoms. The molecule has 1 rings (SSSR count). The molecule has 0 heterocycles.